The van der Waals surface area contributed by atoms with Gasteiger partial charge in [0.25, 0.3) is 0 Å². The van der Waals surface area contributed by atoms with Crippen LogP contribution in [0.5, 0.6) is 0 Å². The molecule has 162 valence electrons. The third-order valence-corrected chi connectivity index (χ3v) is 6.52. The van der Waals surface area contributed by atoms with Crippen LogP contribution in [0.4, 0.5) is 5.69 Å². The summed E-state index contributed by atoms with van der Waals surface area (Å²) in [5.74, 6) is -0.422. The summed E-state index contributed by atoms with van der Waals surface area (Å²) >= 11 is 0. The predicted octanol–water partition coefficient (Wildman–Crippen LogP) is 0.279. The van der Waals surface area contributed by atoms with E-state index >= 15 is 0 Å². The second kappa shape index (κ2) is 9.14. The number of nitrogens with zero attached hydrogens (tertiary/aromatic N) is 3. The molecule has 8 nitrogen and oxygen atoms in total. The van der Waals surface area contributed by atoms with Crippen molar-refractivity contribution in [3.8, 4) is 0 Å². The van der Waals surface area contributed by atoms with Crippen LogP contribution in [-0.4, -0.2) is 79.4 Å². The van der Waals surface area contributed by atoms with Crippen molar-refractivity contribution in [1.82, 2.24) is 15.1 Å². The maximum atomic E-state index is 12.5. The van der Waals surface area contributed by atoms with Crippen molar-refractivity contribution in [2.75, 3.05) is 50.7 Å². The summed E-state index contributed by atoms with van der Waals surface area (Å²) < 4.78 is 0. The molecular formula is C22H31N5O3. The Bertz CT molecular complexity index is 780. The van der Waals surface area contributed by atoms with Gasteiger partial charge in [-0.15, -0.1) is 0 Å². The third-order valence-electron chi connectivity index (χ3n) is 6.52. The summed E-state index contributed by atoms with van der Waals surface area (Å²) in [7, 11) is 0. The van der Waals surface area contributed by atoms with E-state index in [1.165, 1.54) is 0 Å². The van der Waals surface area contributed by atoms with Crippen molar-refractivity contribution in [2.45, 2.75) is 37.6 Å². The average Bonchev–Trinajstić information content (AvgIpc) is 2.75. The zero-order valence-corrected chi connectivity index (χ0v) is 17.4. The topological polar surface area (TPSA) is 99.0 Å². The third kappa shape index (κ3) is 4.82. The van der Waals surface area contributed by atoms with E-state index in [1.54, 1.807) is 0 Å². The molecule has 0 bridgehead atoms. The quantitative estimate of drug-likeness (QED) is 0.688. The molecule has 0 radical (unpaired) electrons. The molecule has 1 unspecified atom stereocenters. The fraction of sp³-hybridized carbons (Fsp3) is 0.591. The lowest BCUT2D eigenvalue weighted by atomic mass is 9.90. The molecule has 3 amide bonds. The lowest BCUT2D eigenvalue weighted by molar-refractivity contribution is -0.135. The predicted molar refractivity (Wildman–Crippen MR) is 114 cm³/mol. The highest BCUT2D eigenvalue weighted by Gasteiger charge is 2.28. The van der Waals surface area contributed by atoms with Gasteiger partial charge in [-0.2, -0.15) is 0 Å². The van der Waals surface area contributed by atoms with E-state index in [2.05, 4.69) is 27.2 Å². The summed E-state index contributed by atoms with van der Waals surface area (Å²) in [5, 5.41) is 2.42. The van der Waals surface area contributed by atoms with Crippen LogP contribution < -0.4 is 16.0 Å². The van der Waals surface area contributed by atoms with E-state index in [1.807, 2.05) is 17.0 Å². The Balaban J connectivity index is 1.26. The van der Waals surface area contributed by atoms with Gasteiger partial charge in [0.1, 0.15) is 0 Å². The zero-order chi connectivity index (χ0) is 21.1. The van der Waals surface area contributed by atoms with Gasteiger partial charge in [-0.05, 0) is 37.0 Å². The summed E-state index contributed by atoms with van der Waals surface area (Å²) in [6.07, 6.45) is 2.76. The summed E-state index contributed by atoms with van der Waals surface area (Å²) in [6, 6.07) is 8.32. The van der Waals surface area contributed by atoms with Gasteiger partial charge in [0.15, 0.2) is 0 Å². The number of benzene rings is 1. The smallest absolute Gasteiger partial charge is 0.236 e. The van der Waals surface area contributed by atoms with Crippen molar-refractivity contribution in [1.29, 1.82) is 0 Å². The van der Waals surface area contributed by atoms with Crippen LogP contribution in [0.15, 0.2) is 24.3 Å². The number of nitrogens with one attached hydrogen (secondary N) is 1. The highest BCUT2D eigenvalue weighted by Crippen LogP contribution is 2.27. The number of carbonyl (C=O) groups excluding carboxylic acids is 3. The number of hydrogen-bond acceptors (Lipinski definition) is 6. The van der Waals surface area contributed by atoms with Gasteiger partial charge >= 0.3 is 0 Å². The fourth-order valence-corrected chi connectivity index (χ4v) is 4.53. The van der Waals surface area contributed by atoms with Crippen molar-refractivity contribution in [3.05, 3.63) is 29.8 Å². The number of likely N-dealkylation sites (tertiary alicyclic amines) is 1. The molecule has 0 spiro atoms. The van der Waals surface area contributed by atoms with Crippen LogP contribution in [0, 0.1) is 0 Å². The Labute approximate surface area is 177 Å². The normalized spacial score (nSPS) is 24.1. The van der Waals surface area contributed by atoms with E-state index in [0.717, 1.165) is 63.4 Å². The Morgan fingerprint density at radius 2 is 1.63 bits per heavy atom. The van der Waals surface area contributed by atoms with Crippen LogP contribution in [0.2, 0.25) is 0 Å². The summed E-state index contributed by atoms with van der Waals surface area (Å²) in [5.41, 5.74) is 8.01. The fourth-order valence-electron chi connectivity index (χ4n) is 4.53. The Kier molecular flexibility index (Phi) is 6.34. The molecule has 1 atom stereocenters. The first-order valence-corrected chi connectivity index (χ1v) is 10.9. The first-order valence-electron chi connectivity index (χ1n) is 10.9. The van der Waals surface area contributed by atoms with Gasteiger partial charge in [-0.1, -0.05) is 12.1 Å². The number of piperidine rings is 2. The first-order chi connectivity index (χ1) is 14.5. The second-order valence-corrected chi connectivity index (χ2v) is 8.58. The Morgan fingerprint density at radius 3 is 2.27 bits per heavy atom. The van der Waals surface area contributed by atoms with E-state index in [4.69, 9.17) is 5.73 Å². The minimum absolute atomic E-state index is 0.187. The summed E-state index contributed by atoms with van der Waals surface area (Å²) in [4.78, 5) is 42.4. The largest absolute Gasteiger partial charge is 0.369 e. The lowest BCUT2D eigenvalue weighted by Crippen LogP contribution is -2.51. The van der Waals surface area contributed by atoms with Crippen molar-refractivity contribution >= 4 is 23.4 Å². The molecule has 8 heteroatoms. The van der Waals surface area contributed by atoms with Gasteiger partial charge < -0.3 is 15.5 Å². The van der Waals surface area contributed by atoms with Crippen LogP contribution >= 0.6 is 0 Å². The van der Waals surface area contributed by atoms with Crippen molar-refractivity contribution < 1.29 is 14.4 Å². The number of amides is 3. The molecule has 3 aliphatic heterocycles. The van der Waals surface area contributed by atoms with E-state index in [-0.39, 0.29) is 29.7 Å². The second-order valence-electron chi connectivity index (χ2n) is 8.58. The highest BCUT2D eigenvalue weighted by molar-refractivity contribution is 6.00. The van der Waals surface area contributed by atoms with E-state index < -0.39 is 0 Å². The molecule has 0 saturated carbocycles. The Hall–Kier alpha value is -2.45. The number of carbonyl (C=O) groups is 3. The number of nitrogens with two attached hydrogens (primary N) is 1. The number of piperazine rings is 1. The zero-order valence-electron chi connectivity index (χ0n) is 17.4. The van der Waals surface area contributed by atoms with Crippen molar-refractivity contribution in [3.63, 3.8) is 0 Å². The molecule has 3 heterocycles. The van der Waals surface area contributed by atoms with E-state index in [0.29, 0.717) is 19.4 Å². The molecule has 30 heavy (non-hydrogen) atoms. The van der Waals surface area contributed by atoms with Crippen LogP contribution in [0.3, 0.4) is 0 Å². The minimum Gasteiger partial charge on any atom is -0.369 e. The molecule has 0 aromatic heterocycles. The minimum atomic E-state index is -0.246. The number of anilines is 1. The lowest BCUT2D eigenvalue weighted by Gasteiger charge is -2.37. The van der Waals surface area contributed by atoms with Gasteiger partial charge in [-0.25, -0.2) is 0 Å². The monoisotopic (exact) mass is 413 g/mol. The summed E-state index contributed by atoms with van der Waals surface area (Å²) in [6.45, 7) is 5.49. The maximum Gasteiger partial charge on any atom is 0.236 e. The molecule has 3 fully saturated rings. The van der Waals surface area contributed by atoms with E-state index in [9.17, 15) is 14.4 Å². The van der Waals surface area contributed by atoms with Gasteiger partial charge in [0, 0.05) is 57.4 Å². The first kappa shape index (κ1) is 20.8. The molecule has 3 saturated heterocycles. The van der Waals surface area contributed by atoms with Crippen molar-refractivity contribution in [2.24, 2.45) is 5.73 Å². The highest BCUT2D eigenvalue weighted by atomic mass is 16.2. The standard InChI is InChI=1S/C22H31N5O3/c23-17-7-9-27(10-8-17)21(29)15-25-11-13-26(14-12-25)18-3-1-16(2-4-18)19-5-6-20(28)24-22(19)30/h1-4,17,19H,5-15,23H2,(H,24,28,30). The maximum absolute atomic E-state index is 12.5. The molecular weight excluding hydrogens is 382 g/mol. The number of rotatable bonds is 4. The van der Waals surface area contributed by atoms with Gasteiger partial charge in [0.05, 0.1) is 12.5 Å². The van der Waals surface area contributed by atoms with Gasteiger partial charge in [-0.3, -0.25) is 24.6 Å². The van der Waals surface area contributed by atoms with Gasteiger partial charge in [0.2, 0.25) is 17.7 Å². The molecule has 1 aromatic rings. The van der Waals surface area contributed by atoms with Crippen LogP contribution in [0.25, 0.3) is 0 Å². The molecule has 3 N–H and O–H groups in total. The SMILES string of the molecule is NC1CCN(C(=O)CN2CCN(c3ccc(C4CCC(=O)NC4=O)cc3)CC2)CC1. The molecule has 4 rings (SSSR count). The average molecular weight is 414 g/mol. The molecule has 0 aliphatic carbocycles. The van der Waals surface area contributed by atoms with Crippen LogP contribution in [-0.2, 0) is 14.4 Å². The van der Waals surface area contributed by atoms with Crippen LogP contribution in [0.1, 0.15) is 37.2 Å². The Morgan fingerprint density at radius 1 is 0.967 bits per heavy atom. The number of hydrogen-bond donors (Lipinski definition) is 2. The molecule has 1 aromatic carbocycles. The molecule has 3 aliphatic rings. The number of imide groups is 1.